The molecule has 0 radical (unpaired) electrons. The Morgan fingerprint density at radius 2 is 1.93 bits per heavy atom. The molecule has 0 spiro atoms. The molecule has 2 N–H and O–H groups in total. The number of ether oxygens (including phenoxy) is 1. The quantitative estimate of drug-likeness (QED) is 0.462. The summed E-state index contributed by atoms with van der Waals surface area (Å²) >= 11 is 0. The normalized spacial score (nSPS) is 10.8. The number of anilines is 1. The van der Waals surface area contributed by atoms with E-state index in [4.69, 9.17) is 9.15 Å². The zero-order valence-corrected chi connectivity index (χ0v) is 15.9. The monoisotopic (exact) mass is 388 g/mol. The summed E-state index contributed by atoms with van der Waals surface area (Å²) in [5, 5.41) is 12.6. The third kappa shape index (κ3) is 4.21. The highest BCUT2D eigenvalue weighted by Gasteiger charge is 2.13. The van der Waals surface area contributed by atoms with Crippen molar-refractivity contribution in [3.63, 3.8) is 0 Å². The fourth-order valence-electron chi connectivity index (χ4n) is 3.19. The number of hydrogen-bond donors (Lipinski definition) is 2. The van der Waals surface area contributed by atoms with E-state index in [1.54, 1.807) is 19.1 Å². The fraction of sp³-hybridized carbons (Fsp3) is 0.130. The molecule has 0 aliphatic carbocycles. The van der Waals surface area contributed by atoms with Gasteiger partial charge in [0.25, 0.3) is 6.01 Å². The average Bonchev–Trinajstić information content (AvgIpc) is 3.14. The zero-order valence-electron chi connectivity index (χ0n) is 15.9. The maximum atomic E-state index is 11.5. The molecule has 3 aromatic carbocycles. The minimum Gasteiger partial charge on any atom is -0.489 e. The maximum absolute atomic E-state index is 11.5. The van der Waals surface area contributed by atoms with Gasteiger partial charge >= 0.3 is 5.97 Å². The number of hydrogen-bond acceptors (Lipinski definition) is 5. The molecule has 1 heterocycles. The molecule has 0 aliphatic rings. The van der Waals surface area contributed by atoms with E-state index in [0.29, 0.717) is 29.4 Å². The molecule has 4 rings (SSSR count). The summed E-state index contributed by atoms with van der Waals surface area (Å²) in [5.41, 5.74) is 4.19. The Bertz CT molecular complexity index is 1130. The van der Waals surface area contributed by atoms with Crippen molar-refractivity contribution >= 4 is 23.1 Å². The third-order valence-corrected chi connectivity index (χ3v) is 4.60. The van der Waals surface area contributed by atoms with E-state index >= 15 is 0 Å². The van der Waals surface area contributed by atoms with E-state index < -0.39 is 5.97 Å². The molecule has 0 amide bonds. The van der Waals surface area contributed by atoms with Crippen LogP contribution in [0.25, 0.3) is 11.1 Å². The number of benzene rings is 3. The van der Waals surface area contributed by atoms with Crippen LogP contribution in [-0.4, -0.2) is 16.1 Å². The van der Waals surface area contributed by atoms with Crippen molar-refractivity contribution < 1.29 is 19.1 Å². The lowest BCUT2D eigenvalue weighted by Crippen LogP contribution is -2.08. The van der Waals surface area contributed by atoms with E-state index in [0.717, 1.165) is 22.2 Å². The molecule has 29 heavy (non-hydrogen) atoms. The molecule has 0 fully saturated rings. The number of carboxylic acids is 1. The van der Waals surface area contributed by atoms with Gasteiger partial charge in [-0.15, -0.1) is 0 Å². The molecule has 0 atom stereocenters. The molecule has 6 nitrogen and oxygen atoms in total. The van der Waals surface area contributed by atoms with E-state index in [9.17, 15) is 9.90 Å². The van der Waals surface area contributed by atoms with Gasteiger partial charge in [0.1, 0.15) is 17.9 Å². The summed E-state index contributed by atoms with van der Waals surface area (Å²) in [6.45, 7) is 2.49. The number of aromatic carboxylic acids is 1. The second-order valence-corrected chi connectivity index (χ2v) is 6.69. The lowest BCUT2D eigenvalue weighted by molar-refractivity contribution is 0.0693. The summed E-state index contributed by atoms with van der Waals surface area (Å²) in [6.07, 6.45) is 0. The molecule has 6 heteroatoms. The van der Waals surface area contributed by atoms with Crippen LogP contribution >= 0.6 is 0 Å². The number of fused-ring (bicyclic) bond motifs is 1. The highest BCUT2D eigenvalue weighted by atomic mass is 16.5. The van der Waals surface area contributed by atoms with Crippen LogP contribution in [0.4, 0.5) is 6.01 Å². The van der Waals surface area contributed by atoms with Crippen molar-refractivity contribution in [3.8, 4) is 5.75 Å². The Hall–Kier alpha value is -3.80. The second-order valence-electron chi connectivity index (χ2n) is 6.69. The Labute approximate surface area is 167 Å². The lowest BCUT2D eigenvalue weighted by atomic mass is 10.0. The van der Waals surface area contributed by atoms with Crippen molar-refractivity contribution in [1.82, 2.24) is 4.98 Å². The first-order valence-electron chi connectivity index (χ1n) is 9.23. The third-order valence-electron chi connectivity index (χ3n) is 4.60. The smallest absolute Gasteiger partial charge is 0.336 e. The van der Waals surface area contributed by atoms with Crippen molar-refractivity contribution in [2.24, 2.45) is 0 Å². The molecule has 146 valence electrons. The molecular weight excluding hydrogens is 368 g/mol. The Morgan fingerprint density at radius 1 is 1.10 bits per heavy atom. The van der Waals surface area contributed by atoms with E-state index in [1.165, 1.54) is 0 Å². The highest BCUT2D eigenvalue weighted by molar-refractivity contribution is 5.91. The van der Waals surface area contributed by atoms with Gasteiger partial charge in [-0.3, -0.25) is 0 Å². The Balaban J connectivity index is 1.42. The van der Waals surface area contributed by atoms with Crippen LogP contribution in [0.3, 0.4) is 0 Å². The topological polar surface area (TPSA) is 84.6 Å². The van der Waals surface area contributed by atoms with Crippen LogP contribution in [0.5, 0.6) is 5.75 Å². The highest BCUT2D eigenvalue weighted by Crippen LogP contribution is 2.21. The van der Waals surface area contributed by atoms with Crippen LogP contribution in [0.1, 0.15) is 27.0 Å². The predicted molar refractivity (Wildman–Crippen MR) is 110 cm³/mol. The van der Waals surface area contributed by atoms with Crippen LogP contribution < -0.4 is 10.1 Å². The molecule has 4 aromatic rings. The molecule has 0 saturated heterocycles. The summed E-state index contributed by atoms with van der Waals surface area (Å²) in [5.74, 6) is -0.280. The van der Waals surface area contributed by atoms with Crippen LogP contribution in [0, 0.1) is 6.92 Å². The van der Waals surface area contributed by atoms with Gasteiger partial charge in [0.05, 0.1) is 5.56 Å². The largest absolute Gasteiger partial charge is 0.489 e. The van der Waals surface area contributed by atoms with Gasteiger partial charge in [-0.1, -0.05) is 42.5 Å². The molecule has 0 saturated carbocycles. The summed E-state index contributed by atoms with van der Waals surface area (Å²) in [6, 6.07) is 21.1. The molecule has 1 aromatic heterocycles. The Kier molecular flexibility index (Phi) is 5.16. The number of nitrogens with one attached hydrogen (secondary N) is 1. The van der Waals surface area contributed by atoms with E-state index in [-0.39, 0.29) is 6.61 Å². The van der Waals surface area contributed by atoms with Crippen molar-refractivity contribution in [2.45, 2.75) is 20.1 Å². The number of aromatic nitrogens is 1. The van der Waals surface area contributed by atoms with Crippen molar-refractivity contribution in [1.29, 1.82) is 0 Å². The minimum atomic E-state index is -0.946. The zero-order chi connectivity index (χ0) is 20.2. The van der Waals surface area contributed by atoms with Gasteiger partial charge in [-0.05, 0) is 42.3 Å². The first-order valence-corrected chi connectivity index (χ1v) is 9.23. The van der Waals surface area contributed by atoms with Gasteiger partial charge in [0.2, 0.25) is 0 Å². The van der Waals surface area contributed by atoms with E-state index in [1.807, 2.05) is 54.6 Å². The van der Waals surface area contributed by atoms with Gasteiger partial charge in [-0.25, -0.2) is 4.79 Å². The minimum absolute atomic E-state index is 0.186. The van der Waals surface area contributed by atoms with Gasteiger partial charge < -0.3 is 19.6 Å². The summed E-state index contributed by atoms with van der Waals surface area (Å²) in [4.78, 5) is 15.9. The Morgan fingerprint density at radius 3 is 2.76 bits per heavy atom. The number of nitrogens with zero attached hydrogens (tertiary/aromatic N) is 1. The molecule has 0 unspecified atom stereocenters. The predicted octanol–water partition coefficient (Wildman–Crippen LogP) is 5.03. The second kappa shape index (κ2) is 8.06. The summed E-state index contributed by atoms with van der Waals surface area (Å²) in [7, 11) is 0. The molecule has 0 aliphatic heterocycles. The number of oxazole rings is 1. The number of carbonyl (C=O) groups is 1. The summed E-state index contributed by atoms with van der Waals surface area (Å²) < 4.78 is 11.5. The van der Waals surface area contributed by atoms with Crippen molar-refractivity contribution in [3.05, 3.63) is 89.0 Å². The number of para-hydroxylation sites is 2. The van der Waals surface area contributed by atoms with Gasteiger partial charge in [-0.2, -0.15) is 4.98 Å². The van der Waals surface area contributed by atoms with Crippen LogP contribution in [-0.2, 0) is 13.2 Å². The first-order chi connectivity index (χ1) is 14.1. The van der Waals surface area contributed by atoms with Gasteiger partial charge in [0, 0.05) is 12.1 Å². The SMILES string of the molecule is Cc1cccc(COc2cccc(CNc3nc4ccccc4o3)c2)c1C(=O)O. The van der Waals surface area contributed by atoms with Crippen LogP contribution in [0.2, 0.25) is 0 Å². The molecular formula is C23H20N2O4. The first kappa shape index (κ1) is 18.6. The number of aryl methyl sites for hydroxylation is 1. The number of carboxylic acid groups (broad SMARTS) is 1. The molecule has 0 bridgehead atoms. The van der Waals surface area contributed by atoms with Crippen molar-refractivity contribution in [2.75, 3.05) is 5.32 Å². The van der Waals surface area contributed by atoms with E-state index in [2.05, 4.69) is 10.3 Å². The maximum Gasteiger partial charge on any atom is 0.336 e. The van der Waals surface area contributed by atoms with Crippen LogP contribution in [0.15, 0.2) is 71.1 Å². The van der Waals surface area contributed by atoms with Gasteiger partial charge in [0.15, 0.2) is 5.58 Å². The standard InChI is InChI=1S/C23H20N2O4/c1-15-6-4-8-17(21(15)22(26)27)14-28-18-9-5-7-16(12-18)13-24-23-25-19-10-2-3-11-20(19)29-23/h2-12H,13-14H2,1H3,(H,24,25)(H,26,27). The fourth-order valence-corrected chi connectivity index (χ4v) is 3.19. The lowest BCUT2D eigenvalue weighted by Gasteiger charge is -2.11. The average molecular weight is 388 g/mol. The number of rotatable bonds is 7.